The van der Waals surface area contributed by atoms with E-state index in [1.807, 2.05) is 18.2 Å². The monoisotopic (exact) mass is 280 g/mol. The third-order valence-electron chi connectivity index (χ3n) is 3.75. The van der Waals surface area contributed by atoms with Gasteiger partial charge in [0.15, 0.2) is 0 Å². The van der Waals surface area contributed by atoms with Crippen LogP contribution in [-0.4, -0.2) is 0 Å². The molecule has 0 unspecified atom stereocenters. The van der Waals surface area contributed by atoms with Crippen LogP contribution in [0, 0.1) is 5.82 Å². The highest BCUT2D eigenvalue weighted by Gasteiger charge is 2.18. The molecular weight excluding hydrogens is 259 g/mol. The lowest BCUT2D eigenvalue weighted by Crippen LogP contribution is -1.98. The van der Waals surface area contributed by atoms with E-state index >= 15 is 0 Å². The molecular formula is C20H21F. The van der Waals surface area contributed by atoms with E-state index in [2.05, 4.69) is 33.1 Å². The summed E-state index contributed by atoms with van der Waals surface area (Å²) in [6.45, 7) is 12.1. The van der Waals surface area contributed by atoms with Crippen molar-refractivity contribution in [1.29, 1.82) is 0 Å². The Hall–Kier alpha value is -2.15. The summed E-state index contributed by atoms with van der Waals surface area (Å²) in [6, 6.07) is 6.89. The van der Waals surface area contributed by atoms with E-state index in [0.29, 0.717) is 5.56 Å². The van der Waals surface area contributed by atoms with Crippen LogP contribution in [-0.2, 0) is 0 Å². The van der Waals surface area contributed by atoms with Gasteiger partial charge in [-0.3, -0.25) is 0 Å². The Kier molecular flexibility index (Phi) is 4.74. The van der Waals surface area contributed by atoms with Crippen LogP contribution in [0.2, 0.25) is 0 Å². The van der Waals surface area contributed by atoms with Crippen molar-refractivity contribution in [3.05, 3.63) is 89.3 Å². The molecule has 2 rings (SSSR count). The molecule has 1 aliphatic carbocycles. The van der Waals surface area contributed by atoms with Crippen molar-refractivity contribution < 1.29 is 4.39 Å². The van der Waals surface area contributed by atoms with E-state index in [0.717, 1.165) is 24.0 Å². The molecule has 0 heterocycles. The molecule has 0 spiro atoms. The van der Waals surface area contributed by atoms with Gasteiger partial charge < -0.3 is 0 Å². The molecule has 0 amide bonds. The molecule has 0 saturated heterocycles. The normalized spacial score (nSPS) is 16.6. The minimum Gasteiger partial charge on any atom is -0.206 e. The van der Waals surface area contributed by atoms with Crippen molar-refractivity contribution in [2.24, 2.45) is 0 Å². The van der Waals surface area contributed by atoms with Gasteiger partial charge in [0.1, 0.15) is 5.82 Å². The van der Waals surface area contributed by atoms with Crippen molar-refractivity contribution >= 4 is 5.57 Å². The lowest BCUT2D eigenvalue weighted by atomic mass is 9.88. The van der Waals surface area contributed by atoms with Crippen LogP contribution >= 0.6 is 0 Å². The molecule has 21 heavy (non-hydrogen) atoms. The summed E-state index contributed by atoms with van der Waals surface area (Å²) in [7, 11) is 0. The molecule has 108 valence electrons. The second-order valence-electron chi connectivity index (χ2n) is 5.47. The largest absolute Gasteiger partial charge is 0.206 e. The first-order valence-corrected chi connectivity index (χ1v) is 7.16. The summed E-state index contributed by atoms with van der Waals surface area (Å²) in [5.74, 6) is -0.207. The van der Waals surface area contributed by atoms with Gasteiger partial charge in [-0.15, -0.1) is 0 Å². The summed E-state index contributed by atoms with van der Waals surface area (Å²) in [5, 5.41) is 0. The molecule has 1 heteroatoms. The van der Waals surface area contributed by atoms with Gasteiger partial charge in [-0.25, -0.2) is 4.39 Å². The van der Waals surface area contributed by atoms with Crippen molar-refractivity contribution in [2.75, 3.05) is 0 Å². The number of allylic oxidation sites excluding steroid dienone is 8. The SMILES string of the molecule is C=C/C=C(\C1=C(C)CC(=C)CC=C1C)c1ccccc1F. The van der Waals surface area contributed by atoms with Crippen molar-refractivity contribution in [2.45, 2.75) is 26.7 Å². The molecule has 0 bridgehead atoms. The zero-order valence-corrected chi connectivity index (χ0v) is 12.7. The van der Waals surface area contributed by atoms with Gasteiger partial charge in [0.05, 0.1) is 0 Å². The zero-order chi connectivity index (χ0) is 15.4. The molecule has 0 fully saturated rings. The van der Waals surface area contributed by atoms with Crippen LogP contribution in [0.1, 0.15) is 32.3 Å². The van der Waals surface area contributed by atoms with Crippen LogP contribution in [0.3, 0.4) is 0 Å². The molecule has 1 aliphatic rings. The summed E-state index contributed by atoms with van der Waals surface area (Å²) in [5.41, 5.74) is 6.20. The Morgan fingerprint density at radius 1 is 1.24 bits per heavy atom. The summed E-state index contributed by atoms with van der Waals surface area (Å²) >= 11 is 0. The van der Waals surface area contributed by atoms with Crippen LogP contribution < -0.4 is 0 Å². The van der Waals surface area contributed by atoms with E-state index in [1.54, 1.807) is 12.1 Å². The quantitative estimate of drug-likeness (QED) is 0.470. The first-order valence-electron chi connectivity index (χ1n) is 7.16. The van der Waals surface area contributed by atoms with Gasteiger partial charge in [0.25, 0.3) is 0 Å². The average molecular weight is 280 g/mol. The second kappa shape index (κ2) is 6.53. The van der Waals surface area contributed by atoms with Crippen molar-refractivity contribution in [3.8, 4) is 0 Å². The number of benzene rings is 1. The maximum Gasteiger partial charge on any atom is 0.131 e. The maximum absolute atomic E-state index is 14.2. The Balaban J connectivity index is 2.65. The van der Waals surface area contributed by atoms with E-state index in [9.17, 15) is 4.39 Å². The lowest BCUT2D eigenvalue weighted by molar-refractivity contribution is 0.624. The number of rotatable bonds is 3. The topological polar surface area (TPSA) is 0 Å². The van der Waals surface area contributed by atoms with E-state index in [1.165, 1.54) is 22.8 Å². The molecule has 0 atom stereocenters. The highest BCUT2D eigenvalue weighted by atomic mass is 19.1. The Bertz CT molecular complexity index is 669. The standard InChI is InChI=1S/C20H21F/c1-5-8-18(17-9-6-7-10-19(17)21)20-15(3)12-11-14(2)13-16(20)4/h5-10,12H,1-2,11,13H2,3-4H3/b18-8-. The minimum atomic E-state index is -0.207. The third kappa shape index (κ3) is 3.30. The first kappa shape index (κ1) is 15.2. The molecule has 0 saturated carbocycles. The van der Waals surface area contributed by atoms with Gasteiger partial charge in [-0.1, -0.05) is 60.7 Å². The molecule has 1 aromatic carbocycles. The second-order valence-corrected chi connectivity index (χ2v) is 5.47. The predicted octanol–water partition coefficient (Wildman–Crippen LogP) is 6.01. The van der Waals surface area contributed by atoms with Crippen molar-refractivity contribution in [3.63, 3.8) is 0 Å². The van der Waals surface area contributed by atoms with Crippen LogP contribution in [0.4, 0.5) is 4.39 Å². The van der Waals surface area contributed by atoms with Gasteiger partial charge in [-0.05, 0) is 49.5 Å². The van der Waals surface area contributed by atoms with E-state index < -0.39 is 0 Å². The van der Waals surface area contributed by atoms with Crippen molar-refractivity contribution in [1.82, 2.24) is 0 Å². The molecule has 0 N–H and O–H groups in total. The Morgan fingerprint density at radius 2 is 1.95 bits per heavy atom. The van der Waals surface area contributed by atoms with Gasteiger partial charge in [0.2, 0.25) is 0 Å². The zero-order valence-electron chi connectivity index (χ0n) is 12.7. The number of halogens is 1. The van der Waals surface area contributed by atoms with Gasteiger partial charge in [0, 0.05) is 5.56 Å². The molecule has 1 aromatic rings. The molecule has 0 radical (unpaired) electrons. The summed E-state index contributed by atoms with van der Waals surface area (Å²) in [4.78, 5) is 0. The van der Waals surface area contributed by atoms with Gasteiger partial charge in [-0.2, -0.15) is 0 Å². The summed E-state index contributed by atoms with van der Waals surface area (Å²) in [6.07, 6.45) is 7.51. The van der Waals surface area contributed by atoms with Crippen LogP contribution in [0.25, 0.3) is 5.57 Å². The Labute approximate surface area is 126 Å². The molecule has 0 nitrogen and oxygen atoms in total. The fourth-order valence-electron chi connectivity index (χ4n) is 2.82. The van der Waals surface area contributed by atoms with Crippen LogP contribution in [0.15, 0.2) is 77.9 Å². The number of hydrogen-bond acceptors (Lipinski definition) is 0. The highest BCUT2D eigenvalue weighted by molar-refractivity contribution is 5.85. The highest BCUT2D eigenvalue weighted by Crippen LogP contribution is 2.36. The minimum absolute atomic E-state index is 0.207. The first-order chi connectivity index (χ1) is 10.0. The fraction of sp³-hybridized carbons (Fsp3) is 0.200. The smallest absolute Gasteiger partial charge is 0.131 e. The third-order valence-corrected chi connectivity index (χ3v) is 3.75. The molecule has 0 aromatic heterocycles. The molecule has 0 aliphatic heterocycles. The van der Waals surface area contributed by atoms with Gasteiger partial charge >= 0.3 is 0 Å². The maximum atomic E-state index is 14.2. The summed E-state index contributed by atoms with van der Waals surface area (Å²) < 4.78 is 14.2. The lowest BCUT2D eigenvalue weighted by Gasteiger charge is -2.16. The Morgan fingerprint density at radius 3 is 2.62 bits per heavy atom. The average Bonchev–Trinajstić information content (AvgIpc) is 2.56. The fourth-order valence-corrected chi connectivity index (χ4v) is 2.82. The van der Waals surface area contributed by atoms with E-state index in [4.69, 9.17) is 0 Å². The van der Waals surface area contributed by atoms with E-state index in [-0.39, 0.29) is 5.82 Å². The number of hydrogen-bond donors (Lipinski definition) is 0. The van der Waals surface area contributed by atoms with Crippen LogP contribution in [0.5, 0.6) is 0 Å². The predicted molar refractivity (Wildman–Crippen MR) is 89.4 cm³/mol.